The van der Waals surface area contributed by atoms with Gasteiger partial charge in [0.1, 0.15) is 0 Å². The van der Waals surface area contributed by atoms with Gasteiger partial charge in [0.2, 0.25) is 11.8 Å². The van der Waals surface area contributed by atoms with Crippen LogP contribution in [-0.4, -0.2) is 11.8 Å². The summed E-state index contributed by atoms with van der Waals surface area (Å²) in [6.45, 7) is 5.87. The Balaban J connectivity index is 2.36. The van der Waals surface area contributed by atoms with Gasteiger partial charge < -0.3 is 0 Å². The number of nitrogens with zero attached hydrogens (tertiary/aromatic N) is 1. The molecule has 18 heavy (non-hydrogen) atoms. The molecule has 0 radical (unpaired) electrons. The summed E-state index contributed by atoms with van der Waals surface area (Å²) in [4.78, 5) is 25.5. The minimum Gasteiger partial charge on any atom is -0.274 e. The first-order valence-electron chi connectivity index (χ1n) is 5.92. The highest BCUT2D eigenvalue weighted by Gasteiger charge is 2.38. The molecule has 1 aliphatic rings. The Bertz CT molecular complexity index is 503. The van der Waals surface area contributed by atoms with Crippen LogP contribution >= 0.6 is 15.9 Å². The maximum atomic E-state index is 12.1. The van der Waals surface area contributed by atoms with Crippen molar-refractivity contribution in [2.75, 3.05) is 4.90 Å². The number of aryl methyl sites for hydroxylation is 1. The van der Waals surface area contributed by atoms with Crippen LogP contribution < -0.4 is 4.90 Å². The lowest BCUT2D eigenvalue weighted by Gasteiger charge is -2.34. The SMILES string of the molecule is Cc1ccc(N2C(=O)CC(C)(C)CC2=O)cc1Br. The van der Waals surface area contributed by atoms with Gasteiger partial charge in [0.05, 0.1) is 5.69 Å². The largest absolute Gasteiger partial charge is 0.274 e. The Hall–Kier alpha value is -1.16. The minimum absolute atomic E-state index is 0.119. The molecule has 3 nitrogen and oxygen atoms in total. The number of amides is 2. The summed E-state index contributed by atoms with van der Waals surface area (Å²) in [5, 5.41) is 0. The molecule has 0 bridgehead atoms. The zero-order valence-electron chi connectivity index (χ0n) is 10.8. The smallest absolute Gasteiger partial charge is 0.234 e. The van der Waals surface area contributed by atoms with Crippen LogP contribution in [-0.2, 0) is 9.59 Å². The van der Waals surface area contributed by atoms with Gasteiger partial charge in [-0.1, -0.05) is 35.8 Å². The monoisotopic (exact) mass is 309 g/mol. The van der Waals surface area contributed by atoms with Gasteiger partial charge in [0.15, 0.2) is 0 Å². The van der Waals surface area contributed by atoms with E-state index >= 15 is 0 Å². The Kier molecular flexibility index (Phi) is 3.32. The van der Waals surface area contributed by atoms with Crippen LogP contribution in [0.15, 0.2) is 22.7 Å². The molecule has 2 amide bonds. The molecular formula is C14H16BrNO2. The maximum Gasteiger partial charge on any atom is 0.234 e. The highest BCUT2D eigenvalue weighted by Crippen LogP contribution is 2.35. The van der Waals surface area contributed by atoms with E-state index in [0.717, 1.165) is 10.0 Å². The van der Waals surface area contributed by atoms with Gasteiger partial charge in [0, 0.05) is 17.3 Å². The quantitative estimate of drug-likeness (QED) is 0.745. The number of hydrogen-bond acceptors (Lipinski definition) is 2. The van der Waals surface area contributed by atoms with Crippen LogP contribution in [0.2, 0.25) is 0 Å². The van der Waals surface area contributed by atoms with Crippen molar-refractivity contribution < 1.29 is 9.59 Å². The highest BCUT2D eigenvalue weighted by atomic mass is 79.9. The van der Waals surface area contributed by atoms with Crippen LogP contribution in [0.1, 0.15) is 32.3 Å². The normalized spacial score (nSPS) is 19.2. The van der Waals surface area contributed by atoms with E-state index in [1.807, 2.05) is 39.0 Å². The number of carbonyl (C=O) groups excluding carboxylic acids is 2. The lowest BCUT2D eigenvalue weighted by Crippen LogP contribution is -2.46. The number of piperidine rings is 1. The van der Waals surface area contributed by atoms with Crippen molar-refractivity contribution in [2.45, 2.75) is 33.6 Å². The second-order valence-corrected chi connectivity index (χ2v) is 6.43. The van der Waals surface area contributed by atoms with E-state index in [2.05, 4.69) is 15.9 Å². The minimum atomic E-state index is -0.230. The first-order chi connectivity index (χ1) is 8.30. The molecule has 0 aromatic heterocycles. The molecular weight excluding hydrogens is 294 g/mol. The van der Waals surface area contributed by atoms with E-state index in [1.54, 1.807) is 0 Å². The number of benzene rings is 1. The Labute approximate surface area is 115 Å². The molecule has 1 aromatic rings. The van der Waals surface area contributed by atoms with Gasteiger partial charge in [-0.2, -0.15) is 0 Å². The number of imide groups is 1. The van der Waals surface area contributed by atoms with Crippen molar-refractivity contribution in [3.63, 3.8) is 0 Å². The zero-order valence-corrected chi connectivity index (χ0v) is 12.4. The number of anilines is 1. The van der Waals surface area contributed by atoms with E-state index < -0.39 is 0 Å². The molecule has 0 N–H and O–H groups in total. The van der Waals surface area contributed by atoms with Crippen molar-refractivity contribution in [3.05, 3.63) is 28.2 Å². The number of hydrogen-bond donors (Lipinski definition) is 0. The molecule has 0 atom stereocenters. The number of carbonyl (C=O) groups is 2. The fourth-order valence-corrected chi connectivity index (χ4v) is 2.55. The molecule has 1 fully saturated rings. The maximum absolute atomic E-state index is 12.1. The third kappa shape index (κ3) is 2.48. The van der Waals surface area contributed by atoms with E-state index in [4.69, 9.17) is 0 Å². The standard InChI is InChI=1S/C14H16BrNO2/c1-9-4-5-10(6-11(9)15)16-12(17)7-14(2,3)8-13(16)18/h4-6H,7-8H2,1-3H3. The van der Waals surface area contributed by atoms with Crippen LogP contribution in [0.25, 0.3) is 0 Å². The summed E-state index contributed by atoms with van der Waals surface area (Å²) in [6.07, 6.45) is 0.814. The van der Waals surface area contributed by atoms with E-state index in [9.17, 15) is 9.59 Å². The molecule has 1 heterocycles. The van der Waals surface area contributed by atoms with Crippen LogP contribution in [0.5, 0.6) is 0 Å². The van der Waals surface area contributed by atoms with Crippen molar-refractivity contribution in [1.29, 1.82) is 0 Å². The molecule has 0 aliphatic carbocycles. The summed E-state index contributed by atoms with van der Waals surface area (Å²) in [5.74, 6) is -0.237. The first kappa shape index (κ1) is 13.3. The van der Waals surface area contributed by atoms with Gasteiger partial charge in [-0.05, 0) is 30.0 Å². The number of rotatable bonds is 1. The van der Waals surface area contributed by atoms with E-state index in [-0.39, 0.29) is 17.2 Å². The molecule has 1 aliphatic heterocycles. The summed E-state index contributed by atoms with van der Waals surface area (Å²) >= 11 is 3.43. The topological polar surface area (TPSA) is 37.4 Å². The zero-order chi connectivity index (χ0) is 13.5. The fourth-order valence-electron chi connectivity index (χ4n) is 2.19. The van der Waals surface area contributed by atoms with Crippen molar-refractivity contribution in [3.8, 4) is 0 Å². The Morgan fingerprint density at radius 2 is 1.72 bits per heavy atom. The molecule has 2 rings (SSSR count). The lowest BCUT2D eigenvalue weighted by atomic mass is 9.81. The summed E-state index contributed by atoms with van der Waals surface area (Å²) in [7, 11) is 0. The first-order valence-corrected chi connectivity index (χ1v) is 6.71. The second kappa shape index (κ2) is 4.50. The average Bonchev–Trinajstić information content (AvgIpc) is 2.20. The fraction of sp³-hybridized carbons (Fsp3) is 0.429. The molecule has 96 valence electrons. The van der Waals surface area contributed by atoms with Gasteiger partial charge in [-0.3, -0.25) is 14.5 Å². The molecule has 4 heteroatoms. The summed E-state index contributed by atoms with van der Waals surface area (Å²) in [5.41, 5.74) is 1.50. The summed E-state index contributed by atoms with van der Waals surface area (Å²) < 4.78 is 0.908. The molecule has 1 aromatic carbocycles. The number of halogens is 1. The lowest BCUT2D eigenvalue weighted by molar-refractivity contribution is -0.132. The van der Waals surface area contributed by atoms with E-state index in [0.29, 0.717) is 18.5 Å². The molecule has 1 saturated heterocycles. The highest BCUT2D eigenvalue weighted by molar-refractivity contribution is 9.10. The van der Waals surface area contributed by atoms with Crippen LogP contribution in [0.4, 0.5) is 5.69 Å². The van der Waals surface area contributed by atoms with Gasteiger partial charge in [-0.15, -0.1) is 0 Å². The van der Waals surface area contributed by atoms with Crippen LogP contribution in [0.3, 0.4) is 0 Å². The van der Waals surface area contributed by atoms with Gasteiger partial charge >= 0.3 is 0 Å². The molecule has 0 saturated carbocycles. The molecule has 0 unspecified atom stereocenters. The summed E-state index contributed by atoms with van der Waals surface area (Å²) in [6, 6.07) is 5.54. The Morgan fingerprint density at radius 3 is 2.22 bits per heavy atom. The molecule has 0 spiro atoms. The second-order valence-electron chi connectivity index (χ2n) is 5.57. The predicted octanol–water partition coefficient (Wildman–Crippen LogP) is 3.44. The van der Waals surface area contributed by atoms with Crippen molar-refractivity contribution >= 4 is 33.4 Å². The average molecular weight is 310 g/mol. The van der Waals surface area contributed by atoms with Crippen LogP contribution in [0, 0.1) is 12.3 Å². The Morgan fingerprint density at radius 1 is 1.17 bits per heavy atom. The third-order valence-corrected chi connectivity index (χ3v) is 4.03. The van der Waals surface area contributed by atoms with Gasteiger partial charge in [0.25, 0.3) is 0 Å². The van der Waals surface area contributed by atoms with Crippen molar-refractivity contribution in [1.82, 2.24) is 0 Å². The van der Waals surface area contributed by atoms with Crippen molar-refractivity contribution in [2.24, 2.45) is 5.41 Å². The van der Waals surface area contributed by atoms with E-state index in [1.165, 1.54) is 4.90 Å². The van der Waals surface area contributed by atoms with Gasteiger partial charge in [-0.25, -0.2) is 0 Å². The third-order valence-electron chi connectivity index (χ3n) is 3.17. The predicted molar refractivity (Wildman–Crippen MR) is 74.4 cm³/mol.